The van der Waals surface area contributed by atoms with Crippen molar-refractivity contribution >= 4 is 35.0 Å². The molecule has 114 valence electrons. The number of halogens is 2. The Morgan fingerprint density at radius 1 is 1.33 bits per heavy atom. The van der Waals surface area contributed by atoms with E-state index in [1.54, 1.807) is 32.9 Å². The van der Waals surface area contributed by atoms with E-state index in [0.29, 0.717) is 34.3 Å². The molecule has 21 heavy (non-hydrogen) atoms. The molecule has 3 N–H and O–H groups in total. The number of carbonyl (C=O) groups is 1. The Kier molecular flexibility index (Phi) is 6.19. The summed E-state index contributed by atoms with van der Waals surface area (Å²) in [7, 11) is 0. The van der Waals surface area contributed by atoms with Crippen LogP contribution >= 0.6 is 23.2 Å². The lowest BCUT2D eigenvalue weighted by molar-refractivity contribution is 0.0529. The molecule has 0 saturated carbocycles. The quantitative estimate of drug-likeness (QED) is 0.492. The zero-order valence-electron chi connectivity index (χ0n) is 12.2. The van der Waals surface area contributed by atoms with Gasteiger partial charge in [0.05, 0.1) is 15.6 Å². The van der Waals surface area contributed by atoms with Crippen LogP contribution in [-0.2, 0) is 4.74 Å². The summed E-state index contributed by atoms with van der Waals surface area (Å²) >= 11 is 12.0. The SMILES string of the molecule is CC(C)(C)OC(=O)NCCC#Cc1c(Cl)cc(N)cc1Cl. The first-order chi connectivity index (χ1) is 9.69. The lowest BCUT2D eigenvalue weighted by Crippen LogP contribution is -2.32. The molecule has 0 aliphatic carbocycles. The molecule has 0 radical (unpaired) electrons. The number of ether oxygens (including phenoxy) is 1. The molecule has 0 saturated heterocycles. The maximum Gasteiger partial charge on any atom is 0.407 e. The minimum absolute atomic E-state index is 0.381. The van der Waals surface area contributed by atoms with Gasteiger partial charge in [-0.2, -0.15) is 0 Å². The molecule has 4 nitrogen and oxygen atoms in total. The van der Waals surface area contributed by atoms with Crippen molar-refractivity contribution in [1.82, 2.24) is 5.32 Å². The molecule has 0 bridgehead atoms. The third kappa shape index (κ3) is 6.61. The summed E-state index contributed by atoms with van der Waals surface area (Å²) in [5, 5.41) is 3.43. The van der Waals surface area contributed by atoms with Crippen LogP contribution in [0.3, 0.4) is 0 Å². The Morgan fingerprint density at radius 3 is 2.43 bits per heavy atom. The Bertz CT molecular complexity index is 561. The zero-order valence-corrected chi connectivity index (χ0v) is 13.7. The van der Waals surface area contributed by atoms with Crippen molar-refractivity contribution in [2.45, 2.75) is 32.8 Å². The normalized spacial score (nSPS) is 10.5. The fourth-order valence-corrected chi connectivity index (χ4v) is 2.00. The van der Waals surface area contributed by atoms with Gasteiger partial charge in [0.25, 0.3) is 0 Å². The van der Waals surface area contributed by atoms with E-state index in [1.807, 2.05) is 0 Å². The van der Waals surface area contributed by atoms with Crippen molar-refractivity contribution in [2.75, 3.05) is 12.3 Å². The molecule has 0 heterocycles. The van der Waals surface area contributed by atoms with Gasteiger partial charge >= 0.3 is 6.09 Å². The number of carbonyl (C=O) groups excluding carboxylic acids is 1. The fraction of sp³-hybridized carbons (Fsp3) is 0.400. The van der Waals surface area contributed by atoms with Crippen LogP contribution in [0.5, 0.6) is 0 Å². The highest BCUT2D eigenvalue weighted by atomic mass is 35.5. The molecular formula is C15H18Cl2N2O2. The summed E-state index contributed by atoms with van der Waals surface area (Å²) < 4.78 is 5.10. The number of hydrogen-bond acceptors (Lipinski definition) is 3. The van der Waals surface area contributed by atoms with E-state index < -0.39 is 11.7 Å². The van der Waals surface area contributed by atoms with Gasteiger partial charge in [0.15, 0.2) is 0 Å². The van der Waals surface area contributed by atoms with E-state index in [0.717, 1.165) is 0 Å². The van der Waals surface area contributed by atoms with E-state index in [-0.39, 0.29) is 0 Å². The number of hydrogen-bond donors (Lipinski definition) is 2. The molecule has 0 atom stereocenters. The highest BCUT2D eigenvalue weighted by molar-refractivity contribution is 6.37. The number of benzene rings is 1. The maximum atomic E-state index is 11.4. The average Bonchev–Trinajstić information content (AvgIpc) is 2.29. The molecule has 0 aromatic heterocycles. The molecule has 1 aromatic carbocycles. The van der Waals surface area contributed by atoms with E-state index in [1.165, 1.54) is 0 Å². The molecular weight excluding hydrogens is 311 g/mol. The minimum Gasteiger partial charge on any atom is -0.444 e. The van der Waals surface area contributed by atoms with E-state index in [4.69, 9.17) is 33.7 Å². The third-order valence-corrected chi connectivity index (χ3v) is 2.79. The highest BCUT2D eigenvalue weighted by Crippen LogP contribution is 2.26. The molecule has 0 aliphatic rings. The maximum absolute atomic E-state index is 11.4. The average molecular weight is 329 g/mol. The van der Waals surface area contributed by atoms with Crippen molar-refractivity contribution in [2.24, 2.45) is 0 Å². The number of nitrogens with one attached hydrogen (secondary N) is 1. The number of anilines is 1. The molecule has 0 fully saturated rings. The Labute approximate surface area is 134 Å². The molecule has 6 heteroatoms. The molecule has 0 unspecified atom stereocenters. The standard InChI is InChI=1S/C15H18Cl2N2O2/c1-15(2,3)21-14(20)19-7-5-4-6-11-12(16)8-10(18)9-13(11)17/h8-9H,5,7,18H2,1-3H3,(H,19,20). The topological polar surface area (TPSA) is 64.3 Å². The molecule has 0 aliphatic heterocycles. The van der Waals surface area contributed by atoms with Crippen LogP contribution in [0.25, 0.3) is 0 Å². The van der Waals surface area contributed by atoms with Gasteiger partial charge in [0.1, 0.15) is 5.60 Å². The molecule has 0 spiro atoms. The molecule has 1 amide bonds. The van der Waals surface area contributed by atoms with Crippen LogP contribution < -0.4 is 11.1 Å². The largest absolute Gasteiger partial charge is 0.444 e. The summed E-state index contributed by atoms with van der Waals surface area (Å²) in [6.45, 7) is 5.79. The summed E-state index contributed by atoms with van der Waals surface area (Å²) in [5.74, 6) is 5.76. The smallest absolute Gasteiger partial charge is 0.407 e. The van der Waals surface area contributed by atoms with Crippen LogP contribution in [0.2, 0.25) is 10.0 Å². The summed E-state index contributed by atoms with van der Waals surface area (Å²) in [6.07, 6.45) is -0.0103. The van der Waals surface area contributed by atoms with Gasteiger partial charge < -0.3 is 15.8 Å². The summed E-state index contributed by atoms with van der Waals surface area (Å²) in [6, 6.07) is 3.19. The lowest BCUT2D eigenvalue weighted by Gasteiger charge is -2.19. The van der Waals surface area contributed by atoms with E-state index in [2.05, 4.69) is 17.2 Å². The van der Waals surface area contributed by atoms with Crippen molar-refractivity contribution < 1.29 is 9.53 Å². The molecule has 1 aromatic rings. The van der Waals surface area contributed by atoms with Crippen LogP contribution in [0.4, 0.5) is 10.5 Å². The Hall–Kier alpha value is -1.57. The number of alkyl carbamates (subject to hydrolysis) is 1. The predicted octanol–water partition coefficient (Wildman–Crippen LogP) is 3.84. The number of rotatable bonds is 2. The van der Waals surface area contributed by atoms with Crippen molar-refractivity contribution in [3.8, 4) is 11.8 Å². The second-order valence-electron chi connectivity index (χ2n) is 5.34. The van der Waals surface area contributed by atoms with Gasteiger partial charge in [0, 0.05) is 18.7 Å². The van der Waals surface area contributed by atoms with E-state index in [9.17, 15) is 4.79 Å². The van der Waals surface area contributed by atoms with Gasteiger partial charge in [-0.3, -0.25) is 0 Å². The zero-order chi connectivity index (χ0) is 16.0. The second kappa shape index (κ2) is 7.44. The Morgan fingerprint density at radius 2 is 1.90 bits per heavy atom. The number of nitrogen functional groups attached to an aromatic ring is 1. The second-order valence-corrected chi connectivity index (χ2v) is 6.15. The highest BCUT2D eigenvalue weighted by Gasteiger charge is 2.15. The van der Waals surface area contributed by atoms with Crippen LogP contribution in [0.1, 0.15) is 32.8 Å². The lowest BCUT2D eigenvalue weighted by atomic mass is 10.2. The van der Waals surface area contributed by atoms with Crippen LogP contribution in [-0.4, -0.2) is 18.2 Å². The molecule has 1 rings (SSSR count). The summed E-state index contributed by atoms with van der Waals surface area (Å²) in [5.41, 5.74) is 6.12. The van der Waals surface area contributed by atoms with Crippen molar-refractivity contribution in [3.05, 3.63) is 27.7 Å². The van der Waals surface area contributed by atoms with Gasteiger partial charge in [-0.15, -0.1) is 0 Å². The van der Waals surface area contributed by atoms with Crippen molar-refractivity contribution in [1.29, 1.82) is 0 Å². The van der Waals surface area contributed by atoms with Gasteiger partial charge in [-0.05, 0) is 32.9 Å². The van der Waals surface area contributed by atoms with Gasteiger partial charge in [-0.25, -0.2) is 4.79 Å². The first-order valence-electron chi connectivity index (χ1n) is 6.39. The third-order valence-electron chi connectivity index (χ3n) is 2.20. The first-order valence-corrected chi connectivity index (χ1v) is 7.15. The Balaban J connectivity index is 2.50. The number of nitrogens with two attached hydrogens (primary N) is 1. The minimum atomic E-state index is -0.513. The predicted molar refractivity (Wildman–Crippen MR) is 86.6 cm³/mol. The summed E-state index contributed by atoms with van der Waals surface area (Å²) in [4.78, 5) is 11.4. The first kappa shape index (κ1) is 17.5. The van der Waals surface area contributed by atoms with E-state index >= 15 is 0 Å². The van der Waals surface area contributed by atoms with Gasteiger partial charge in [-0.1, -0.05) is 35.0 Å². The number of amides is 1. The monoisotopic (exact) mass is 328 g/mol. The fourth-order valence-electron chi connectivity index (χ4n) is 1.40. The van der Waals surface area contributed by atoms with Crippen LogP contribution in [0, 0.1) is 11.8 Å². The van der Waals surface area contributed by atoms with Crippen LogP contribution in [0.15, 0.2) is 12.1 Å². The van der Waals surface area contributed by atoms with Gasteiger partial charge in [0.2, 0.25) is 0 Å². The van der Waals surface area contributed by atoms with Crippen molar-refractivity contribution in [3.63, 3.8) is 0 Å².